The summed E-state index contributed by atoms with van der Waals surface area (Å²) in [5.41, 5.74) is 6.43. The lowest BCUT2D eigenvalue weighted by atomic mass is 9.84. The number of benzene rings is 1. The number of aromatic hydroxyl groups is 1. The van der Waals surface area contributed by atoms with Crippen LogP contribution in [0.2, 0.25) is 10.0 Å². The summed E-state index contributed by atoms with van der Waals surface area (Å²) >= 11 is 11.6. The van der Waals surface area contributed by atoms with Crippen molar-refractivity contribution in [2.45, 2.75) is 31.7 Å². The molecule has 1 aliphatic rings. The third-order valence-electron chi connectivity index (χ3n) is 3.44. The third-order valence-corrected chi connectivity index (χ3v) is 4.02. The molecule has 19 heavy (non-hydrogen) atoms. The van der Waals surface area contributed by atoms with Crippen molar-refractivity contribution < 1.29 is 9.90 Å². The van der Waals surface area contributed by atoms with Gasteiger partial charge in [0, 0.05) is 11.7 Å². The lowest BCUT2D eigenvalue weighted by molar-refractivity contribution is -0.121. The molecule has 0 aliphatic heterocycles. The summed E-state index contributed by atoms with van der Waals surface area (Å²) in [5.74, 6) is -0.485. The highest BCUT2D eigenvalue weighted by Gasteiger charge is 2.28. The summed E-state index contributed by atoms with van der Waals surface area (Å²) in [6.45, 7) is 0. The van der Waals surface area contributed by atoms with Crippen molar-refractivity contribution in [1.82, 2.24) is 0 Å². The maximum absolute atomic E-state index is 12.1. The zero-order chi connectivity index (χ0) is 14.0. The smallest absolute Gasteiger partial charge is 0.229 e. The first kappa shape index (κ1) is 14.4. The van der Waals surface area contributed by atoms with Crippen molar-refractivity contribution in [2.75, 3.05) is 5.32 Å². The molecule has 6 heteroatoms. The van der Waals surface area contributed by atoms with Gasteiger partial charge in [0.2, 0.25) is 5.91 Å². The average Bonchev–Trinajstić information content (AvgIpc) is 2.36. The van der Waals surface area contributed by atoms with Gasteiger partial charge in [-0.25, -0.2) is 0 Å². The number of rotatable bonds is 2. The van der Waals surface area contributed by atoms with Crippen LogP contribution in [0, 0.1) is 5.92 Å². The van der Waals surface area contributed by atoms with Gasteiger partial charge in [-0.2, -0.15) is 0 Å². The Balaban J connectivity index is 2.10. The van der Waals surface area contributed by atoms with E-state index in [1.54, 1.807) is 0 Å². The van der Waals surface area contributed by atoms with Gasteiger partial charge in [0.1, 0.15) is 0 Å². The Bertz CT molecular complexity index is 471. The third kappa shape index (κ3) is 3.32. The van der Waals surface area contributed by atoms with Crippen LogP contribution in [0.3, 0.4) is 0 Å². The zero-order valence-electron chi connectivity index (χ0n) is 10.3. The van der Waals surface area contributed by atoms with Crippen LogP contribution in [0.4, 0.5) is 5.69 Å². The minimum Gasteiger partial charge on any atom is -0.505 e. The number of nitrogens with one attached hydrogen (secondary N) is 1. The standard InChI is InChI=1S/C13H16Cl2N2O2/c14-9-5-7(6-10(15)12(9)18)17-13(19)8-3-1-2-4-11(8)16/h5-6,8,11,18H,1-4,16H2,(H,17,19). The van der Waals surface area contributed by atoms with E-state index in [0.717, 1.165) is 25.7 Å². The van der Waals surface area contributed by atoms with E-state index in [9.17, 15) is 9.90 Å². The van der Waals surface area contributed by atoms with Crippen LogP contribution in [0.1, 0.15) is 25.7 Å². The highest BCUT2D eigenvalue weighted by molar-refractivity contribution is 6.37. The summed E-state index contributed by atoms with van der Waals surface area (Å²) in [7, 11) is 0. The van der Waals surface area contributed by atoms with E-state index in [2.05, 4.69) is 5.32 Å². The van der Waals surface area contributed by atoms with E-state index in [1.807, 2.05) is 0 Å². The molecule has 2 atom stereocenters. The van der Waals surface area contributed by atoms with Crippen LogP contribution in [-0.4, -0.2) is 17.1 Å². The van der Waals surface area contributed by atoms with Gasteiger partial charge in [-0.1, -0.05) is 36.0 Å². The Labute approximate surface area is 121 Å². The van der Waals surface area contributed by atoms with Gasteiger partial charge >= 0.3 is 0 Å². The second-order valence-electron chi connectivity index (χ2n) is 4.83. The molecule has 0 spiro atoms. The fraction of sp³-hybridized carbons (Fsp3) is 0.462. The van der Waals surface area contributed by atoms with Gasteiger partial charge in [-0.15, -0.1) is 0 Å². The van der Waals surface area contributed by atoms with Crippen LogP contribution < -0.4 is 11.1 Å². The molecule has 1 aromatic rings. The molecule has 1 fully saturated rings. The molecule has 0 heterocycles. The van der Waals surface area contributed by atoms with Crippen molar-refractivity contribution in [2.24, 2.45) is 11.7 Å². The first-order valence-corrected chi connectivity index (χ1v) is 6.99. The largest absolute Gasteiger partial charge is 0.505 e. The van der Waals surface area contributed by atoms with Crippen LogP contribution >= 0.6 is 23.2 Å². The molecular formula is C13H16Cl2N2O2. The number of halogens is 2. The zero-order valence-corrected chi connectivity index (χ0v) is 11.8. The number of phenolic OH excluding ortho intramolecular Hbond substituents is 1. The maximum atomic E-state index is 12.1. The summed E-state index contributed by atoms with van der Waals surface area (Å²) in [4.78, 5) is 12.1. The summed E-state index contributed by atoms with van der Waals surface area (Å²) in [6.07, 6.45) is 3.76. The van der Waals surface area contributed by atoms with Gasteiger partial charge in [-0.05, 0) is 25.0 Å². The maximum Gasteiger partial charge on any atom is 0.229 e. The van der Waals surface area contributed by atoms with Crippen molar-refractivity contribution in [3.05, 3.63) is 22.2 Å². The number of carbonyl (C=O) groups is 1. The predicted molar refractivity (Wildman–Crippen MR) is 76.7 cm³/mol. The Kier molecular flexibility index (Phi) is 4.55. The van der Waals surface area contributed by atoms with E-state index in [0.29, 0.717) is 5.69 Å². The molecule has 0 saturated heterocycles. The molecule has 0 aromatic heterocycles. The molecular weight excluding hydrogens is 287 g/mol. The second-order valence-corrected chi connectivity index (χ2v) is 5.65. The van der Waals surface area contributed by atoms with Gasteiger partial charge in [0.05, 0.1) is 16.0 Å². The van der Waals surface area contributed by atoms with E-state index < -0.39 is 0 Å². The van der Waals surface area contributed by atoms with Crippen molar-refractivity contribution in [1.29, 1.82) is 0 Å². The first-order chi connectivity index (χ1) is 8.99. The molecule has 104 valence electrons. The Morgan fingerprint density at radius 3 is 2.42 bits per heavy atom. The highest BCUT2D eigenvalue weighted by Crippen LogP contribution is 2.35. The number of nitrogens with two attached hydrogens (primary N) is 1. The number of carbonyl (C=O) groups excluding carboxylic acids is 1. The molecule has 1 aromatic carbocycles. The molecule has 1 aliphatic carbocycles. The molecule has 2 rings (SSSR count). The number of hydrogen-bond donors (Lipinski definition) is 3. The normalized spacial score (nSPS) is 23.1. The molecule has 0 radical (unpaired) electrons. The lowest BCUT2D eigenvalue weighted by Crippen LogP contribution is -2.40. The Hall–Kier alpha value is -0.970. The van der Waals surface area contributed by atoms with Gasteiger partial charge < -0.3 is 16.2 Å². The highest BCUT2D eigenvalue weighted by atomic mass is 35.5. The second kappa shape index (κ2) is 5.99. The number of hydrogen-bond acceptors (Lipinski definition) is 3. The van der Waals surface area contributed by atoms with Gasteiger partial charge in [-0.3, -0.25) is 4.79 Å². The first-order valence-electron chi connectivity index (χ1n) is 6.23. The lowest BCUT2D eigenvalue weighted by Gasteiger charge is -2.27. The average molecular weight is 303 g/mol. The molecule has 2 unspecified atom stereocenters. The van der Waals surface area contributed by atoms with Crippen LogP contribution in [-0.2, 0) is 4.79 Å². The quantitative estimate of drug-likeness (QED) is 0.735. The van der Waals surface area contributed by atoms with Crippen LogP contribution in [0.25, 0.3) is 0 Å². The molecule has 1 saturated carbocycles. The Morgan fingerprint density at radius 1 is 1.26 bits per heavy atom. The van der Waals surface area contributed by atoms with Crippen LogP contribution in [0.15, 0.2) is 12.1 Å². The van der Waals surface area contributed by atoms with Gasteiger partial charge in [0.15, 0.2) is 5.75 Å². The summed E-state index contributed by atoms with van der Waals surface area (Å²) in [6, 6.07) is 2.83. The molecule has 0 bridgehead atoms. The van der Waals surface area contributed by atoms with E-state index in [-0.39, 0.29) is 33.7 Å². The van der Waals surface area contributed by atoms with Crippen LogP contribution in [0.5, 0.6) is 5.75 Å². The SMILES string of the molecule is NC1CCCCC1C(=O)Nc1cc(Cl)c(O)c(Cl)c1. The minimum absolute atomic E-state index is 0.100. The number of amides is 1. The Morgan fingerprint density at radius 2 is 1.84 bits per heavy atom. The van der Waals surface area contributed by atoms with E-state index in [4.69, 9.17) is 28.9 Å². The summed E-state index contributed by atoms with van der Waals surface area (Å²) < 4.78 is 0. The molecule has 4 nitrogen and oxygen atoms in total. The van der Waals surface area contributed by atoms with E-state index >= 15 is 0 Å². The summed E-state index contributed by atoms with van der Waals surface area (Å²) in [5, 5.41) is 12.4. The predicted octanol–water partition coefficient (Wildman–Crippen LogP) is 3.16. The molecule has 4 N–H and O–H groups in total. The fourth-order valence-electron chi connectivity index (χ4n) is 2.36. The number of anilines is 1. The van der Waals surface area contributed by atoms with Gasteiger partial charge in [0.25, 0.3) is 0 Å². The monoisotopic (exact) mass is 302 g/mol. The van der Waals surface area contributed by atoms with Crippen molar-refractivity contribution >= 4 is 34.8 Å². The minimum atomic E-state index is -0.185. The number of phenols is 1. The topological polar surface area (TPSA) is 75.4 Å². The van der Waals surface area contributed by atoms with E-state index in [1.165, 1.54) is 12.1 Å². The fourth-order valence-corrected chi connectivity index (χ4v) is 2.84. The molecule has 1 amide bonds. The van der Waals surface area contributed by atoms with Crippen molar-refractivity contribution in [3.8, 4) is 5.75 Å². The van der Waals surface area contributed by atoms with Crippen molar-refractivity contribution in [3.63, 3.8) is 0 Å².